The monoisotopic (exact) mass is 390 g/mol. The van der Waals surface area contributed by atoms with Crippen molar-refractivity contribution in [2.75, 3.05) is 13.7 Å². The molecule has 27 heavy (non-hydrogen) atoms. The summed E-state index contributed by atoms with van der Waals surface area (Å²) in [4.78, 5) is 16.3. The van der Waals surface area contributed by atoms with Crippen molar-refractivity contribution in [3.8, 4) is 11.5 Å². The molecule has 0 radical (unpaired) electrons. The summed E-state index contributed by atoms with van der Waals surface area (Å²) in [5, 5.41) is 3.41. The van der Waals surface area contributed by atoms with Gasteiger partial charge >= 0.3 is 0 Å². The Kier molecular flexibility index (Phi) is 8.40. The zero-order valence-electron chi connectivity index (χ0n) is 16.1. The summed E-state index contributed by atoms with van der Waals surface area (Å²) >= 11 is 5.77. The highest BCUT2D eigenvalue weighted by Crippen LogP contribution is 2.30. The third-order valence-corrected chi connectivity index (χ3v) is 4.45. The molecule has 0 aliphatic rings. The lowest BCUT2D eigenvalue weighted by atomic mass is 10.1. The SMILES string of the molecule is CCCCCOc1ccc(C(C)NC(=O)Cc2ccc(Cl)nc2)cc1OC. The van der Waals surface area contributed by atoms with Crippen molar-refractivity contribution in [3.05, 3.63) is 52.8 Å². The number of ether oxygens (including phenoxy) is 2. The highest BCUT2D eigenvalue weighted by Gasteiger charge is 2.13. The Balaban J connectivity index is 1.95. The first kappa shape index (κ1) is 21.0. The molecule has 0 spiro atoms. The molecular weight excluding hydrogens is 364 g/mol. The van der Waals surface area contributed by atoms with Gasteiger partial charge in [0.2, 0.25) is 5.91 Å². The van der Waals surface area contributed by atoms with Gasteiger partial charge in [-0.15, -0.1) is 0 Å². The van der Waals surface area contributed by atoms with Gasteiger partial charge in [0, 0.05) is 6.20 Å². The van der Waals surface area contributed by atoms with Gasteiger partial charge in [0.1, 0.15) is 5.15 Å². The first-order valence-corrected chi connectivity index (χ1v) is 9.61. The molecule has 0 fully saturated rings. The van der Waals surface area contributed by atoms with Gasteiger partial charge in [-0.25, -0.2) is 4.98 Å². The molecule has 5 nitrogen and oxygen atoms in total. The predicted molar refractivity (Wildman–Crippen MR) is 108 cm³/mol. The highest BCUT2D eigenvalue weighted by atomic mass is 35.5. The zero-order valence-corrected chi connectivity index (χ0v) is 16.9. The Bertz CT molecular complexity index is 735. The molecule has 146 valence electrons. The van der Waals surface area contributed by atoms with E-state index in [1.54, 1.807) is 25.4 Å². The van der Waals surface area contributed by atoms with Gasteiger partial charge in [-0.05, 0) is 42.7 Å². The van der Waals surface area contributed by atoms with Gasteiger partial charge < -0.3 is 14.8 Å². The summed E-state index contributed by atoms with van der Waals surface area (Å²) in [6.45, 7) is 4.77. The fraction of sp³-hybridized carbons (Fsp3) is 0.429. The topological polar surface area (TPSA) is 60.5 Å². The lowest BCUT2D eigenvalue weighted by Crippen LogP contribution is -2.28. The molecule has 0 aliphatic carbocycles. The first-order chi connectivity index (χ1) is 13.0. The van der Waals surface area contributed by atoms with Gasteiger partial charge in [-0.3, -0.25) is 4.79 Å². The molecule has 1 N–H and O–H groups in total. The number of aromatic nitrogens is 1. The maximum absolute atomic E-state index is 12.3. The Morgan fingerprint density at radius 1 is 1.22 bits per heavy atom. The number of amides is 1. The highest BCUT2D eigenvalue weighted by molar-refractivity contribution is 6.29. The number of unbranched alkanes of at least 4 members (excludes halogenated alkanes) is 2. The van der Waals surface area contributed by atoms with Crippen LogP contribution < -0.4 is 14.8 Å². The number of carbonyl (C=O) groups excluding carboxylic acids is 1. The number of benzene rings is 1. The van der Waals surface area contributed by atoms with Crippen LogP contribution in [-0.2, 0) is 11.2 Å². The smallest absolute Gasteiger partial charge is 0.224 e. The summed E-state index contributed by atoms with van der Waals surface area (Å²) < 4.78 is 11.3. The number of pyridine rings is 1. The molecule has 1 atom stereocenters. The van der Waals surface area contributed by atoms with E-state index in [1.807, 2.05) is 25.1 Å². The van der Waals surface area contributed by atoms with Crippen molar-refractivity contribution in [2.24, 2.45) is 0 Å². The minimum atomic E-state index is -0.152. The van der Waals surface area contributed by atoms with Crippen LogP contribution in [0.5, 0.6) is 11.5 Å². The van der Waals surface area contributed by atoms with Crippen LogP contribution in [0.3, 0.4) is 0 Å². The summed E-state index contributed by atoms with van der Waals surface area (Å²) in [7, 11) is 1.62. The third-order valence-electron chi connectivity index (χ3n) is 4.22. The number of nitrogens with one attached hydrogen (secondary N) is 1. The number of halogens is 1. The standard InChI is InChI=1S/C21H27ClN2O3/c1-4-5-6-11-27-18-9-8-17(13-19(18)26-3)15(2)24-21(25)12-16-7-10-20(22)23-14-16/h7-10,13-15H,4-6,11-12H2,1-3H3,(H,24,25). The molecule has 0 saturated heterocycles. The normalized spacial score (nSPS) is 11.7. The quantitative estimate of drug-likeness (QED) is 0.470. The molecule has 6 heteroatoms. The van der Waals surface area contributed by atoms with Crippen molar-refractivity contribution in [1.82, 2.24) is 10.3 Å². The second-order valence-electron chi connectivity index (χ2n) is 6.42. The van der Waals surface area contributed by atoms with Gasteiger partial charge in [-0.1, -0.05) is 43.5 Å². The van der Waals surface area contributed by atoms with Crippen LogP contribution in [0.15, 0.2) is 36.5 Å². The average molecular weight is 391 g/mol. The zero-order chi connectivity index (χ0) is 19.6. The molecule has 1 aromatic heterocycles. The van der Waals surface area contributed by atoms with Crippen LogP contribution in [0, 0.1) is 0 Å². The molecule has 0 saturated carbocycles. The Morgan fingerprint density at radius 2 is 2.04 bits per heavy atom. The van der Waals surface area contributed by atoms with E-state index in [1.165, 1.54) is 0 Å². The number of nitrogens with zero attached hydrogens (tertiary/aromatic N) is 1. The van der Waals surface area contributed by atoms with Crippen molar-refractivity contribution in [2.45, 2.75) is 45.6 Å². The predicted octanol–water partition coefficient (Wildman–Crippen LogP) is 4.73. The van der Waals surface area contributed by atoms with Crippen LogP contribution >= 0.6 is 11.6 Å². The molecule has 2 aromatic rings. The summed E-state index contributed by atoms with van der Waals surface area (Å²) in [5.74, 6) is 1.32. The van der Waals surface area contributed by atoms with Crippen LogP contribution in [0.1, 0.15) is 50.3 Å². The van der Waals surface area contributed by atoms with E-state index in [9.17, 15) is 4.79 Å². The van der Waals surface area contributed by atoms with Gasteiger partial charge in [0.05, 0.1) is 26.2 Å². The van der Waals surface area contributed by atoms with E-state index in [2.05, 4.69) is 17.2 Å². The van der Waals surface area contributed by atoms with Crippen molar-refractivity contribution in [3.63, 3.8) is 0 Å². The number of hydrogen-bond acceptors (Lipinski definition) is 4. The lowest BCUT2D eigenvalue weighted by molar-refractivity contribution is -0.121. The van der Waals surface area contributed by atoms with E-state index >= 15 is 0 Å². The van der Waals surface area contributed by atoms with Crippen LogP contribution in [0.4, 0.5) is 0 Å². The molecule has 1 heterocycles. The number of hydrogen-bond donors (Lipinski definition) is 1. The maximum Gasteiger partial charge on any atom is 0.224 e. The van der Waals surface area contributed by atoms with E-state index in [0.29, 0.717) is 17.5 Å². The number of methoxy groups -OCH3 is 1. The molecule has 2 rings (SSSR count). The number of rotatable bonds is 10. The molecule has 1 amide bonds. The fourth-order valence-electron chi connectivity index (χ4n) is 2.68. The largest absolute Gasteiger partial charge is 0.493 e. The fourth-order valence-corrected chi connectivity index (χ4v) is 2.79. The molecule has 0 bridgehead atoms. The Morgan fingerprint density at radius 3 is 2.70 bits per heavy atom. The minimum absolute atomic E-state index is 0.0783. The van der Waals surface area contributed by atoms with Gasteiger partial charge in [-0.2, -0.15) is 0 Å². The van der Waals surface area contributed by atoms with Crippen LogP contribution in [-0.4, -0.2) is 24.6 Å². The Hall–Kier alpha value is -2.27. The van der Waals surface area contributed by atoms with Crippen molar-refractivity contribution in [1.29, 1.82) is 0 Å². The summed E-state index contributed by atoms with van der Waals surface area (Å²) in [6, 6.07) is 9.08. The first-order valence-electron chi connectivity index (χ1n) is 9.24. The maximum atomic E-state index is 12.3. The van der Waals surface area contributed by atoms with Crippen LogP contribution in [0.25, 0.3) is 0 Å². The lowest BCUT2D eigenvalue weighted by Gasteiger charge is -2.17. The van der Waals surface area contributed by atoms with Crippen LogP contribution in [0.2, 0.25) is 5.15 Å². The third kappa shape index (κ3) is 6.75. The second-order valence-corrected chi connectivity index (χ2v) is 6.81. The molecule has 0 aliphatic heterocycles. The summed E-state index contributed by atoms with van der Waals surface area (Å²) in [5.41, 5.74) is 1.77. The Labute approximate surface area is 166 Å². The molecule has 1 aromatic carbocycles. The van der Waals surface area contributed by atoms with Crippen molar-refractivity contribution >= 4 is 17.5 Å². The van der Waals surface area contributed by atoms with E-state index < -0.39 is 0 Å². The summed E-state index contributed by atoms with van der Waals surface area (Å²) in [6.07, 6.45) is 5.19. The molecular formula is C21H27ClN2O3. The second kappa shape index (κ2) is 10.8. The van der Waals surface area contributed by atoms with E-state index in [0.717, 1.165) is 36.1 Å². The minimum Gasteiger partial charge on any atom is -0.493 e. The van der Waals surface area contributed by atoms with E-state index in [4.69, 9.17) is 21.1 Å². The molecule has 1 unspecified atom stereocenters. The van der Waals surface area contributed by atoms with Gasteiger partial charge in [0.15, 0.2) is 11.5 Å². The average Bonchev–Trinajstić information content (AvgIpc) is 2.67. The van der Waals surface area contributed by atoms with Gasteiger partial charge in [0.25, 0.3) is 0 Å². The van der Waals surface area contributed by atoms with Crippen molar-refractivity contribution < 1.29 is 14.3 Å². The number of carbonyl (C=O) groups is 1. The van der Waals surface area contributed by atoms with E-state index in [-0.39, 0.29) is 18.4 Å².